The number of nitriles is 1. The molecule has 1 aliphatic heterocycles. The van der Waals surface area contributed by atoms with E-state index in [4.69, 9.17) is 22.1 Å². The second-order valence-electron chi connectivity index (χ2n) is 9.98. The Morgan fingerprint density at radius 3 is 2.47 bits per heavy atom. The van der Waals surface area contributed by atoms with Crippen LogP contribution in [0, 0.1) is 32.1 Å². The summed E-state index contributed by atoms with van der Waals surface area (Å²) in [6.45, 7) is 6.44. The first-order valence-electron chi connectivity index (χ1n) is 12.8. The summed E-state index contributed by atoms with van der Waals surface area (Å²) in [6.07, 6.45) is 1.95. The maximum atomic E-state index is 13.6. The first-order valence-corrected chi connectivity index (χ1v) is 13.2. The average molecular weight is 524 g/mol. The lowest BCUT2D eigenvalue weighted by Crippen LogP contribution is -2.39. The fraction of sp³-hybridized carbons (Fsp3) is 0.250. The van der Waals surface area contributed by atoms with Gasteiger partial charge in [0.05, 0.1) is 23.2 Å². The van der Waals surface area contributed by atoms with Crippen molar-refractivity contribution in [2.24, 2.45) is 5.73 Å². The molecule has 0 amide bonds. The van der Waals surface area contributed by atoms with E-state index >= 15 is 0 Å². The standard InChI is InChI=1S/C32H30ClN3O2/c1-19-7-4-5-8-27(19)36-28-9-6-10-29(37)31(28)30(26(17-34)32(36)35)25-16-22(20(2)15-21(25)3)18-38-24-13-11-23(33)12-14-24/h4-5,7-8,11-16,30H,6,9-10,18,35H2,1-3H3. The monoisotopic (exact) mass is 523 g/mol. The fourth-order valence-corrected chi connectivity index (χ4v) is 5.69. The normalized spacial score (nSPS) is 17.4. The molecule has 0 fully saturated rings. The number of benzene rings is 3. The molecular weight excluding hydrogens is 494 g/mol. The third-order valence-electron chi connectivity index (χ3n) is 7.51. The van der Waals surface area contributed by atoms with Gasteiger partial charge in [0.1, 0.15) is 18.2 Å². The van der Waals surface area contributed by atoms with Crippen LogP contribution in [0.4, 0.5) is 5.69 Å². The van der Waals surface area contributed by atoms with Crippen molar-refractivity contribution in [1.29, 1.82) is 5.26 Å². The first-order chi connectivity index (χ1) is 18.3. The SMILES string of the molecule is Cc1cc(C)c(C2C(C#N)=C(N)N(c3ccccc3C)C3=C2C(=O)CCC3)cc1COc1ccc(Cl)cc1. The smallest absolute Gasteiger partial charge is 0.161 e. The van der Waals surface area contributed by atoms with Gasteiger partial charge in [-0.25, -0.2) is 0 Å². The number of Topliss-reactive ketones (excluding diaryl/α,β-unsaturated/α-hetero) is 1. The Bertz CT molecular complexity index is 1530. The molecule has 2 aliphatic rings. The van der Waals surface area contributed by atoms with Crippen molar-refractivity contribution < 1.29 is 9.53 Å². The third-order valence-corrected chi connectivity index (χ3v) is 7.77. The Morgan fingerprint density at radius 2 is 1.76 bits per heavy atom. The van der Waals surface area contributed by atoms with Gasteiger partial charge in [0.25, 0.3) is 0 Å². The Morgan fingerprint density at radius 1 is 1.03 bits per heavy atom. The van der Waals surface area contributed by atoms with Crippen LogP contribution in [0.2, 0.25) is 5.02 Å². The molecule has 38 heavy (non-hydrogen) atoms. The van der Waals surface area contributed by atoms with E-state index < -0.39 is 5.92 Å². The maximum Gasteiger partial charge on any atom is 0.161 e. The van der Waals surface area contributed by atoms with Gasteiger partial charge in [0.15, 0.2) is 5.78 Å². The Kier molecular flexibility index (Phi) is 7.01. The lowest BCUT2D eigenvalue weighted by Gasteiger charge is -2.40. The molecular formula is C32H30ClN3O2. The fourth-order valence-electron chi connectivity index (χ4n) is 5.56. The van der Waals surface area contributed by atoms with Crippen LogP contribution in [-0.4, -0.2) is 5.78 Å². The molecule has 0 saturated heterocycles. The van der Waals surface area contributed by atoms with Gasteiger partial charge < -0.3 is 10.5 Å². The number of hydrogen-bond acceptors (Lipinski definition) is 5. The van der Waals surface area contributed by atoms with Crippen molar-refractivity contribution in [1.82, 2.24) is 0 Å². The largest absolute Gasteiger partial charge is 0.489 e. The van der Waals surface area contributed by atoms with Crippen LogP contribution in [0.3, 0.4) is 0 Å². The van der Waals surface area contributed by atoms with Crippen molar-refractivity contribution in [2.45, 2.75) is 52.6 Å². The molecule has 5 nitrogen and oxygen atoms in total. The predicted octanol–water partition coefficient (Wildman–Crippen LogP) is 7.15. The zero-order valence-corrected chi connectivity index (χ0v) is 22.6. The van der Waals surface area contributed by atoms with E-state index in [0.717, 1.165) is 57.8 Å². The Labute approximate surface area is 228 Å². The third kappa shape index (κ3) is 4.57. The summed E-state index contributed by atoms with van der Waals surface area (Å²) < 4.78 is 6.05. The van der Waals surface area contributed by atoms with Crippen LogP contribution in [0.1, 0.15) is 53.0 Å². The highest BCUT2D eigenvalue weighted by Gasteiger charge is 2.41. The van der Waals surface area contributed by atoms with E-state index in [1.165, 1.54) is 0 Å². The Balaban J connectivity index is 1.63. The van der Waals surface area contributed by atoms with E-state index in [1.54, 1.807) is 12.1 Å². The molecule has 5 rings (SSSR count). The second kappa shape index (κ2) is 10.4. The minimum Gasteiger partial charge on any atom is -0.489 e. The topological polar surface area (TPSA) is 79.4 Å². The average Bonchev–Trinajstić information content (AvgIpc) is 2.89. The van der Waals surface area contributed by atoms with Crippen molar-refractivity contribution >= 4 is 23.1 Å². The lowest BCUT2D eigenvalue weighted by molar-refractivity contribution is -0.116. The van der Waals surface area contributed by atoms with E-state index in [9.17, 15) is 10.1 Å². The van der Waals surface area contributed by atoms with Gasteiger partial charge in [0.2, 0.25) is 0 Å². The van der Waals surface area contributed by atoms with Gasteiger partial charge in [0, 0.05) is 22.7 Å². The van der Waals surface area contributed by atoms with Gasteiger partial charge in [-0.3, -0.25) is 9.69 Å². The number of ether oxygens (including phenoxy) is 1. The molecule has 192 valence electrons. The van der Waals surface area contributed by atoms with E-state index in [0.29, 0.717) is 35.0 Å². The van der Waals surface area contributed by atoms with Crippen LogP contribution < -0.4 is 15.4 Å². The number of para-hydroxylation sites is 1. The number of hydrogen-bond donors (Lipinski definition) is 1. The van der Waals surface area contributed by atoms with Crippen LogP contribution in [0.15, 0.2) is 83.3 Å². The quantitative estimate of drug-likeness (QED) is 0.384. The number of nitrogens with two attached hydrogens (primary N) is 1. The second-order valence-corrected chi connectivity index (χ2v) is 10.4. The molecule has 1 atom stereocenters. The summed E-state index contributed by atoms with van der Waals surface area (Å²) in [5.74, 6) is 0.669. The van der Waals surface area contributed by atoms with Crippen molar-refractivity contribution in [3.63, 3.8) is 0 Å². The van der Waals surface area contributed by atoms with E-state index in [2.05, 4.69) is 18.2 Å². The molecule has 0 saturated carbocycles. The van der Waals surface area contributed by atoms with Gasteiger partial charge in [-0.15, -0.1) is 0 Å². The minimum absolute atomic E-state index is 0.0778. The van der Waals surface area contributed by atoms with Gasteiger partial charge >= 0.3 is 0 Å². The first kappa shape index (κ1) is 25.6. The number of carbonyl (C=O) groups is 1. The molecule has 0 aromatic heterocycles. The zero-order chi connectivity index (χ0) is 27.0. The van der Waals surface area contributed by atoms with Crippen molar-refractivity contribution in [2.75, 3.05) is 4.90 Å². The summed E-state index contributed by atoms with van der Waals surface area (Å²) >= 11 is 6.01. The van der Waals surface area contributed by atoms with Crippen LogP contribution in [-0.2, 0) is 11.4 Å². The number of allylic oxidation sites excluding steroid dienone is 3. The summed E-state index contributed by atoms with van der Waals surface area (Å²) in [4.78, 5) is 15.5. The minimum atomic E-state index is -0.516. The molecule has 0 bridgehead atoms. The lowest BCUT2D eigenvalue weighted by atomic mass is 9.74. The number of rotatable bonds is 5. The Hall–Kier alpha value is -4.01. The molecule has 0 radical (unpaired) electrons. The molecule has 6 heteroatoms. The molecule has 0 spiro atoms. The summed E-state index contributed by atoms with van der Waals surface area (Å²) in [5.41, 5.74) is 14.7. The molecule has 2 N–H and O–H groups in total. The van der Waals surface area contributed by atoms with Crippen molar-refractivity contribution in [3.8, 4) is 11.8 Å². The number of halogens is 1. The highest BCUT2D eigenvalue weighted by molar-refractivity contribution is 6.30. The van der Waals surface area contributed by atoms with E-state index in [1.807, 2.05) is 62.1 Å². The van der Waals surface area contributed by atoms with Gasteiger partial charge in [-0.1, -0.05) is 41.9 Å². The van der Waals surface area contributed by atoms with Crippen LogP contribution in [0.5, 0.6) is 5.75 Å². The molecule has 3 aromatic carbocycles. The summed E-state index contributed by atoms with van der Waals surface area (Å²) in [6, 6.07) is 21.8. The number of ketones is 1. The number of aryl methyl sites for hydroxylation is 3. The van der Waals surface area contributed by atoms with Gasteiger partial charge in [-0.05, 0) is 91.8 Å². The highest BCUT2D eigenvalue weighted by atomic mass is 35.5. The number of nitrogens with zero attached hydrogens (tertiary/aromatic N) is 2. The molecule has 1 unspecified atom stereocenters. The summed E-state index contributed by atoms with van der Waals surface area (Å²) in [7, 11) is 0. The molecule has 1 heterocycles. The zero-order valence-electron chi connectivity index (χ0n) is 21.8. The maximum absolute atomic E-state index is 13.6. The predicted molar refractivity (Wildman–Crippen MR) is 151 cm³/mol. The van der Waals surface area contributed by atoms with Crippen LogP contribution >= 0.6 is 11.6 Å². The summed E-state index contributed by atoms with van der Waals surface area (Å²) in [5, 5.41) is 11.1. The molecule has 3 aromatic rings. The highest BCUT2D eigenvalue weighted by Crippen LogP contribution is 2.47. The molecule has 1 aliphatic carbocycles. The van der Waals surface area contributed by atoms with Gasteiger partial charge in [-0.2, -0.15) is 5.26 Å². The van der Waals surface area contributed by atoms with E-state index in [-0.39, 0.29) is 5.78 Å². The van der Waals surface area contributed by atoms with Crippen molar-refractivity contribution in [3.05, 3.63) is 116 Å². The van der Waals surface area contributed by atoms with Crippen LogP contribution in [0.25, 0.3) is 0 Å². The number of carbonyl (C=O) groups excluding carboxylic acids is 1. The number of anilines is 1.